The number of hydrogen-bond donors (Lipinski definition) is 1. The maximum absolute atomic E-state index is 12.8. The lowest BCUT2D eigenvalue weighted by Gasteiger charge is -2.36. The first-order chi connectivity index (χ1) is 19.6. The molecule has 3 fully saturated rings. The van der Waals surface area contributed by atoms with Gasteiger partial charge < -0.3 is 19.9 Å². The van der Waals surface area contributed by atoms with Gasteiger partial charge in [-0.1, -0.05) is 12.8 Å². The fourth-order valence-corrected chi connectivity index (χ4v) is 6.80. The summed E-state index contributed by atoms with van der Waals surface area (Å²) in [7, 11) is -5.35. The van der Waals surface area contributed by atoms with Crippen molar-refractivity contribution in [1.82, 2.24) is 9.88 Å². The van der Waals surface area contributed by atoms with Crippen LogP contribution in [-0.2, 0) is 14.6 Å². The quantitative estimate of drug-likeness (QED) is 0.437. The summed E-state index contributed by atoms with van der Waals surface area (Å²) >= 11 is 0. The lowest BCUT2D eigenvalue weighted by Crippen LogP contribution is -2.49. The van der Waals surface area contributed by atoms with Crippen LogP contribution in [0.5, 0.6) is 5.75 Å². The molecule has 3 aliphatic rings. The number of hydrogen-bond acceptors (Lipinski definition) is 7. The van der Waals surface area contributed by atoms with Crippen LogP contribution in [0.2, 0.25) is 0 Å². The van der Waals surface area contributed by atoms with Crippen LogP contribution in [0.25, 0.3) is 0 Å². The summed E-state index contributed by atoms with van der Waals surface area (Å²) in [6.07, 6.45) is 10.5. The summed E-state index contributed by atoms with van der Waals surface area (Å²) in [5.74, 6) is 2.43. The molecule has 0 unspecified atom stereocenters. The van der Waals surface area contributed by atoms with Gasteiger partial charge in [0.05, 0.1) is 11.0 Å². The van der Waals surface area contributed by atoms with Crippen molar-refractivity contribution < 1.29 is 31.1 Å². The predicted octanol–water partition coefficient (Wildman–Crippen LogP) is 5.41. The number of alkyl halides is 3. The lowest BCUT2D eigenvalue weighted by molar-refractivity contribution is -0.132. The maximum atomic E-state index is 12.8. The highest BCUT2D eigenvalue weighted by Gasteiger charge is 2.46. The monoisotopic (exact) mass is 594 g/mol. The Morgan fingerprint density at radius 2 is 1.61 bits per heavy atom. The van der Waals surface area contributed by atoms with Gasteiger partial charge in [-0.2, -0.15) is 13.2 Å². The third kappa shape index (κ3) is 7.25. The number of piperazine rings is 1. The van der Waals surface area contributed by atoms with Gasteiger partial charge in [-0.3, -0.25) is 4.79 Å². The number of ether oxygens (including phenoxy) is 1. The Morgan fingerprint density at radius 1 is 0.951 bits per heavy atom. The summed E-state index contributed by atoms with van der Waals surface area (Å²) in [4.78, 5) is 20.6. The summed E-state index contributed by atoms with van der Waals surface area (Å²) < 4.78 is 67.7. The van der Waals surface area contributed by atoms with E-state index in [0.717, 1.165) is 62.5 Å². The van der Waals surface area contributed by atoms with Crippen LogP contribution >= 0.6 is 0 Å². The van der Waals surface area contributed by atoms with Gasteiger partial charge in [0, 0.05) is 56.6 Å². The van der Waals surface area contributed by atoms with Crippen LogP contribution in [0.4, 0.5) is 24.7 Å². The molecule has 1 aromatic carbocycles. The number of nitrogens with zero attached hydrogens (tertiary/aromatic N) is 3. The molecular weight excluding hydrogens is 557 g/mol. The molecular formula is C29H37F3N4O4S. The van der Waals surface area contributed by atoms with Crippen LogP contribution in [0, 0.1) is 5.92 Å². The Hall–Kier alpha value is -3.02. The van der Waals surface area contributed by atoms with E-state index < -0.39 is 20.2 Å². The molecule has 2 saturated carbocycles. The van der Waals surface area contributed by atoms with Crippen molar-refractivity contribution >= 4 is 27.2 Å². The number of nitrogens with one attached hydrogen (secondary N) is 1. The third-order valence-electron chi connectivity index (χ3n) is 8.43. The summed E-state index contributed by atoms with van der Waals surface area (Å²) in [5, 5.41) is 3.29. The summed E-state index contributed by atoms with van der Waals surface area (Å²) in [6, 6.07) is 8.61. The topological polar surface area (TPSA) is 91.8 Å². The van der Waals surface area contributed by atoms with Crippen molar-refractivity contribution in [3.63, 3.8) is 0 Å². The normalized spacial score (nSPS) is 22.5. The second kappa shape index (κ2) is 12.5. The molecule has 1 amide bonds. The zero-order valence-corrected chi connectivity index (χ0v) is 23.8. The number of benzene rings is 1. The van der Waals surface area contributed by atoms with E-state index in [9.17, 15) is 26.4 Å². The molecule has 8 nitrogen and oxygen atoms in total. The molecule has 2 heterocycles. The molecule has 0 radical (unpaired) electrons. The van der Waals surface area contributed by atoms with Crippen LogP contribution < -0.4 is 15.0 Å². The largest absolute Gasteiger partial charge is 0.501 e. The van der Waals surface area contributed by atoms with E-state index >= 15 is 0 Å². The van der Waals surface area contributed by atoms with Crippen molar-refractivity contribution in [3.05, 3.63) is 42.6 Å². The average molecular weight is 595 g/mol. The van der Waals surface area contributed by atoms with Crippen LogP contribution in [0.3, 0.4) is 0 Å². The first kappa shape index (κ1) is 29.5. The molecule has 1 N–H and O–H groups in total. The second-order valence-corrected chi connectivity index (χ2v) is 13.2. The number of aromatic nitrogens is 1. The van der Waals surface area contributed by atoms with Crippen molar-refractivity contribution in [1.29, 1.82) is 0 Å². The summed E-state index contributed by atoms with van der Waals surface area (Å²) in [5.41, 5.74) is -4.74. The Bertz CT molecular complexity index is 1280. The van der Waals surface area contributed by atoms with Crippen molar-refractivity contribution in [2.24, 2.45) is 5.92 Å². The van der Waals surface area contributed by atoms with Gasteiger partial charge in [-0.25, -0.2) is 13.4 Å². The Labute approximate surface area is 239 Å². The van der Waals surface area contributed by atoms with E-state index in [-0.39, 0.29) is 18.1 Å². The van der Waals surface area contributed by atoms with E-state index in [2.05, 4.69) is 15.2 Å². The third-order valence-corrected chi connectivity index (χ3v) is 9.93. The number of pyridine rings is 1. The molecule has 1 saturated heterocycles. The highest BCUT2D eigenvalue weighted by Crippen LogP contribution is 2.32. The molecule has 41 heavy (non-hydrogen) atoms. The average Bonchev–Trinajstić information content (AvgIpc) is 3.47. The van der Waals surface area contributed by atoms with E-state index in [4.69, 9.17) is 4.74 Å². The molecule has 224 valence electrons. The van der Waals surface area contributed by atoms with E-state index in [1.165, 1.54) is 37.8 Å². The van der Waals surface area contributed by atoms with E-state index in [0.29, 0.717) is 31.1 Å². The predicted molar refractivity (Wildman–Crippen MR) is 150 cm³/mol. The van der Waals surface area contributed by atoms with Crippen LogP contribution in [0.1, 0.15) is 57.8 Å². The number of carbonyl (C=O) groups is 1. The second-order valence-electron chi connectivity index (χ2n) is 11.3. The van der Waals surface area contributed by atoms with E-state index in [1.54, 1.807) is 6.20 Å². The Balaban J connectivity index is 1.07. The standard InChI is InChI=1S/C29H37F3N4O4S/c30-29(31,32)41(38,39)26-11-7-23(8-12-26)34-22-5-9-24(10-6-22)40-25-13-14-33-27(20-25)35-15-17-36(18-16-35)28(37)19-21-3-1-2-4-21/h7-8,11-14,20-22,24,34H,1-6,9-10,15-19H2. The highest BCUT2D eigenvalue weighted by molar-refractivity contribution is 7.92. The number of anilines is 2. The van der Waals surface area contributed by atoms with Crippen LogP contribution in [0.15, 0.2) is 47.5 Å². The zero-order valence-electron chi connectivity index (χ0n) is 23.0. The number of amides is 1. The molecule has 12 heteroatoms. The smallest absolute Gasteiger partial charge is 0.490 e. The van der Waals surface area contributed by atoms with Gasteiger partial charge in [0.25, 0.3) is 9.84 Å². The number of sulfone groups is 1. The fourth-order valence-electron chi connectivity index (χ4n) is 6.04. The SMILES string of the molecule is O=C(CC1CCCC1)N1CCN(c2cc(OC3CCC(Nc4ccc(S(=O)(=O)C(F)(F)F)cc4)CC3)ccn2)CC1. The van der Waals surface area contributed by atoms with Crippen molar-refractivity contribution in [2.45, 2.75) is 80.3 Å². The minimum atomic E-state index is -5.35. The fraction of sp³-hybridized carbons (Fsp3) is 0.586. The Kier molecular flexibility index (Phi) is 8.96. The molecule has 2 aromatic rings. The molecule has 2 aliphatic carbocycles. The number of carbonyl (C=O) groups excluding carboxylic acids is 1. The minimum Gasteiger partial charge on any atom is -0.490 e. The molecule has 1 aliphatic heterocycles. The molecule has 1 aromatic heterocycles. The van der Waals surface area contributed by atoms with Gasteiger partial charge in [-0.15, -0.1) is 0 Å². The number of halogens is 3. The first-order valence-corrected chi connectivity index (χ1v) is 15.9. The van der Waals surface area contributed by atoms with Gasteiger partial charge in [0.15, 0.2) is 0 Å². The molecule has 0 bridgehead atoms. The summed E-state index contributed by atoms with van der Waals surface area (Å²) in [6.45, 7) is 2.89. The first-order valence-electron chi connectivity index (χ1n) is 14.4. The van der Waals surface area contributed by atoms with Gasteiger partial charge in [0.1, 0.15) is 11.6 Å². The van der Waals surface area contributed by atoms with Gasteiger partial charge in [-0.05, 0) is 74.8 Å². The molecule has 5 rings (SSSR count). The lowest BCUT2D eigenvalue weighted by atomic mass is 9.92. The van der Waals surface area contributed by atoms with Crippen molar-refractivity contribution in [3.8, 4) is 5.75 Å². The van der Waals surface area contributed by atoms with Gasteiger partial charge in [0.2, 0.25) is 5.91 Å². The number of rotatable bonds is 8. The van der Waals surface area contributed by atoms with Crippen molar-refractivity contribution in [2.75, 3.05) is 36.4 Å². The zero-order chi connectivity index (χ0) is 29.0. The molecule has 0 atom stereocenters. The minimum absolute atomic E-state index is 0.0349. The van der Waals surface area contributed by atoms with E-state index in [1.807, 2.05) is 17.0 Å². The van der Waals surface area contributed by atoms with Gasteiger partial charge >= 0.3 is 5.51 Å². The highest BCUT2D eigenvalue weighted by atomic mass is 32.2. The Morgan fingerprint density at radius 3 is 2.24 bits per heavy atom. The van der Waals surface area contributed by atoms with Crippen LogP contribution in [-0.4, -0.2) is 68.0 Å². The maximum Gasteiger partial charge on any atom is 0.501 e. The molecule has 0 spiro atoms.